The molecular weight excluding hydrogens is 355 g/mol. The molecule has 26 heavy (non-hydrogen) atoms. The van der Waals surface area contributed by atoms with E-state index in [1.54, 1.807) is 11.9 Å². The van der Waals surface area contributed by atoms with Crippen LogP contribution < -0.4 is 4.90 Å². The van der Waals surface area contributed by atoms with Crippen LogP contribution in [-0.2, 0) is 12.7 Å². The third kappa shape index (κ3) is 4.27. The largest absolute Gasteiger partial charge is 0.433 e. The van der Waals surface area contributed by atoms with Gasteiger partial charge in [0.25, 0.3) is 0 Å². The van der Waals surface area contributed by atoms with Crippen LogP contribution in [0.25, 0.3) is 0 Å². The highest BCUT2D eigenvalue weighted by Crippen LogP contribution is 2.29. The molecule has 0 bridgehead atoms. The number of hydrogen-bond acceptors (Lipinski definition) is 4. The Balaban J connectivity index is 1.66. The molecule has 0 spiro atoms. The summed E-state index contributed by atoms with van der Waals surface area (Å²) in [5.41, 5.74) is -0.472. The lowest BCUT2D eigenvalue weighted by molar-refractivity contribution is -0.141. The van der Waals surface area contributed by atoms with Gasteiger partial charge in [-0.3, -0.25) is 4.90 Å². The molecule has 0 radical (unpaired) electrons. The average Bonchev–Trinajstić information content (AvgIpc) is 3.01. The van der Waals surface area contributed by atoms with E-state index in [1.807, 2.05) is 4.90 Å². The zero-order chi connectivity index (χ0) is 18.9. The first-order chi connectivity index (χ1) is 12.2. The number of rotatable bonds is 4. The normalized spacial score (nSPS) is 18.3. The Bertz CT molecular complexity index is 760. The van der Waals surface area contributed by atoms with Gasteiger partial charge in [-0.1, -0.05) is 0 Å². The summed E-state index contributed by atoms with van der Waals surface area (Å²) in [4.78, 5) is 11.1. The smallest absolute Gasteiger partial charge is 0.340 e. The summed E-state index contributed by atoms with van der Waals surface area (Å²) >= 11 is 0. The van der Waals surface area contributed by atoms with E-state index in [4.69, 9.17) is 0 Å². The van der Waals surface area contributed by atoms with Gasteiger partial charge < -0.3 is 4.90 Å². The molecule has 9 heteroatoms. The second-order valence-corrected chi connectivity index (χ2v) is 6.31. The number of anilines is 1. The van der Waals surface area contributed by atoms with E-state index in [1.165, 1.54) is 12.1 Å². The second kappa shape index (κ2) is 7.14. The molecule has 1 aliphatic rings. The van der Waals surface area contributed by atoms with Crippen molar-refractivity contribution < 1.29 is 22.0 Å². The first kappa shape index (κ1) is 18.5. The molecule has 1 aromatic carbocycles. The van der Waals surface area contributed by atoms with Crippen molar-refractivity contribution in [2.45, 2.75) is 25.2 Å². The second-order valence-electron chi connectivity index (χ2n) is 6.31. The molecule has 0 amide bonds. The van der Waals surface area contributed by atoms with Gasteiger partial charge in [-0.25, -0.2) is 18.7 Å². The Hall–Kier alpha value is -2.29. The number of aromatic nitrogens is 2. The van der Waals surface area contributed by atoms with E-state index >= 15 is 0 Å². The summed E-state index contributed by atoms with van der Waals surface area (Å²) in [7, 11) is 1.64. The van der Waals surface area contributed by atoms with Gasteiger partial charge in [0.05, 0.1) is 0 Å². The molecule has 1 aliphatic heterocycles. The van der Waals surface area contributed by atoms with Crippen molar-refractivity contribution in [1.29, 1.82) is 0 Å². The van der Waals surface area contributed by atoms with Crippen LogP contribution in [0.2, 0.25) is 0 Å². The van der Waals surface area contributed by atoms with Crippen molar-refractivity contribution in [3.05, 3.63) is 53.4 Å². The van der Waals surface area contributed by atoms with Gasteiger partial charge in [0.15, 0.2) is 0 Å². The maximum atomic E-state index is 13.3. The van der Waals surface area contributed by atoms with E-state index in [-0.39, 0.29) is 12.0 Å². The highest BCUT2D eigenvalue weighted by atomic mass is 19.4. The molecule has 1 unspecified atom stereocenters. The van der Waals surface area contributed by atoms with E-state index < -0.39 is 23.5 Å². The van der Waals surface area contributed by atoms with Crippen LogP contribution >= 0.6 is 0 Å². The van der Waals surface area contributed by atoms with Crippen molar-refractivity contribution in [1.82, 2.24) is 14.9 Å². The summed E-state index contributed by atoms with van der Waals surface area (Å²) in [5.74, 6) is -1.26. The fourth-order valence-corrected chi connectivity index (χ4v) is 3.07. The van der Waals surface area contributed by atoms with Gasteiger partial charge in [-0.15, -0.1) is 0 Å². The van der Waals surface area contributed by atoms with Crippen molar-refractivity contribution >= 4 is 5.95 Å². The van der Waals surface area contributed by atoms with Gasteiger partial charge in [0.1, 0.15) is 17.3 Å². The first-order valence-electron chi connectivity index (χ1n) is 8.03. The van der Waals surface area contributed by atoms with E-state index in [2.05, 4.69) is 9.97 Å². The number of alkyl halides is 3. The maximum Gasteiger partial charge on any atom is 0.433 e. The van der Waals surface area contributed by atoms with Crippen LogP contribution in [0.4, 0.5) is 27.9 Å². The minimum absolute atomic E-state index is 0.00322. The minimum Gasteiger partial charge on any atom is -0.340 e. The molecule has 2 aromatic rings. The highest BCUT2D eigenvalue weighted by molar-refractivity contribution is 5.32. The molecule has 1 atom stereocenters. The molecule has 4 nitrogen and oxygen atoms in total. The minimum atomic E-state index is -4.53. The Labute approximate surface area is 147 Å². The maximum absolute atomic E-state index is 13.3. The number of hydrogen-bond donors (Lipinski definition) is 0. The van der Waals surface area contributed by atoms with Crippen molar-refractivity contribution in [2.75, 3.05) is 25.0 Å². The predicted octanol–water partition coefficient (Wildman–Crippen LogP) is 3.48. The summed E-state index contributed by atoms with van der Waals surface area (Å²) in [6.45, 7) is 1.56. The summed E-state index contributed by atoms with van der Waals surface area (Å²) in [5, 5.41) is 0. The fourth-order valence-electron chi connectivity index (χ4n) is 3.07. The predicted molar refractivity (Wildman–Crippen MR) is 85.5 cm³/mol. The lowest BCUT2D eigenvalue weighted by Crippen LogP contribution is -2.35. The molecule has 1 fully saturated rings. The standard InChI is InChI=1S/C17H17F5N4/c1-25(16-23-4-2-15(24-16)17(20,21)22)14-3-5-26(10-14)9-11-6-12(18)8-13(19)7-11/h2,4,6-8,14H,3,5,9-10H2,1H3. The Morgan fingerprint density at radius 1 is 1.19 bits per heavy atom. The molecule has 1 aromatic heterocycles. The zero-order valence-electron chi connectivity index (χ0n) is 14.0. The summed E-state index contributed by atoms with van der Waals surface area (Å²) in [6, 6.07) is 4.11. The molecule has 1 saturated heterocycles. The third-order valence-corrected chi connectivity index (χ3v) is 4.37. The van der Waals surface area contributed by atoms with Gasteiger partial charge >= 0.3 is 6.18 Å². The molecular formula is C17H17F5N4. The zero-order valence-corrected chi connectivity index (χ0v) is 14.0. The third-order valence-electron chi connectivity index (χ3n) is 4.37. The van der Waals surface area contributed by atoms with Gasteiger partial charge in [-0.05, 0) is 30.2 Å². The first-order valence-corrected chi connectivity index (χ1v) is 8.03. The van der Waals surface area contributed by atoms with E-state index in [0.717, 1.165) is 18.3 Å². The van der Waals surface area contributed by atoms with Crippen LogP contribution in [0, 0.1) is 11.6 Å². The van der Waals surface area contributed by atoms with E-state index in [9.17, 15) is 22.0 Å². The number of likely N-dealkylation sites (tertiary alicyclic amines) is 1. The highest BCUT2D eigenvalue weighted by Gasteiger charge is 2.34. The molecule has 2 heterocycles. The lowest BCUT2D eigenvalue weighted by atomic mass is 10.2. The molecule has 140 valence electrons. The fraction of sp³-hybridized carbons (Fsp3) is 0.412. The molecule has 0 aliphatic carbocycles. The van der Waals surface area contributed by atoms with Crippen LogP contribution in [-0.4, -0.2) is 41.0 Å². The van der Waals surface area contributed by atoms with Gasteiger partial charge in [0.2, 0.25) is 5.95 Å². The number of benzene rings is 1. The lowest BCUT2D eigenvalue weighted by Gasteiger charge is -2.25. The van der Waals surface area contributed by atoms with Gasteiger partial charge in [0, 0.05) is 45.0 Å². The number of nitrogens with zero attached hydrogens (tertiary/aromatic N) is 4. The Kier molecular flexibility index (Phi) is 5.08. The van der Waals surface area contributed by atoms with Crippen molar-refractivity contribution in [2.24, 2.45) is 0 Å². The SMILES string of the molecule is CN(c1nccc(C(F)(F)F)n1)C1CCN(Cc2cc(F)cc(F)c2)C1. The van der Waals surface area contributed by atoms with Crippen molar-refractivity contribution in [3.63, 3.8) is 0 Å². The number of halogens is 5. The summed E-state index contributed by atoms with van der Waals surface area (Å²) in [6.07, 6.45) is -2.75. The van der Waals surface area contributed by atoms with E-state index in [0.29, 0.717) is 31.6 Å². The van der Waals surface area contributed by atoms with Crippen LogP contribution in [0.5, 0.6) is 0 Å². The van der Waals surface area contributed by atoms with Crippen LogP contribution in [0.3, 0.4) is 0 Å². The Morgan fingerprint density at radius 2 is 1.88 bits per heavy atom. The van der Waals surface area contributed by atoms with Crippen molar-refractivity contribution in [3.8, 4) is 0 Å². The quantitative estimate of drug-likeness (QED) is 0.770. The monoisotopic (exact) mass is 372 g/mol. The average molecular weight is 372 g/mol. The molecule has 0 saturated carbocycles. The van der Waals surface area contributed by atoms with Crippen LogP contribution in [0.15, 0.2) is 30.5 Å². The Morgan fingerprint density at radius 3 is 2.54 bits per heavy atom. The molecule has 3 rings (SSSR count). The molecule has 0 N–H and O–H groups in total. The van der Waals surface area contributed by atoms with Gasteiger partial charge in [-0.2, -0.15) is 13.2 Å². The van der Waals surface area contributed by atoms with Crippen LogP contribution in [0.1, 0.15) is 17.7 Å². The number of likely N-dealkylation sites (N-methyl/N-ethyl adjacent to an activating group) is 1. The summed E-state index contributed by atoms with van der Waals surface area (Å²) < 4.78 is 65.0. The topological polar surface area (TPSA) is 32.3 Å².